The van der Waals surface area contributed by atoms with Crippen LogP contribution in [0.1, 0.15) is 6.42 Å². The molecule has 1 aliphatic rings. The molecule has 4 rings (SSSR count). The third-order valence-electron chi connectivity index (χ3n) is 4.72. The summed E-state index contributed by atoms with van der Waals surface area (Å²) in [6.45, 7) is 1.27. The molecule has 4 N–H and O–H groups in total. The summed E-state index contributed by atoms with van der Waals surface area (Å²) in [5.74, 6) is -0.154. The van der Waals surface area contributed by atoms with Crippen LogP contribution in [-0.2, 0) is 11.4 Å². The molecule has 0 aliphatic carbocycles. The molecule has 0 amide bonds. The molecule has 0 saturated carbocycles. The van der Waals surface area contributed by atoms with E-state index >= 15 is 0 Å². The van der Waals surface area contributed by atoms with Crippen LogP contribution in [0, 0.1) is 5.82 Å². The van der Waals surface area contributed by atoms with Gasteiger partial charge in [-0.05, 0) is 36.2 Å². The lowest BCUT2D eigenvalue weighted by molar-refractivity contribution is 0.472. The van der Waals surface area contributed by atoms with Gasteiger partial charge in [-0.25, -0.2) is 9.37 Å². The van der Waals surface area contributed by atoms with E-state index in [1.165, 1.54) is 18.5 Å². The molecule has 8 heteroatoms. The van der Waals surface area contributed by atoms with Crippen molar-refractivity contribution in [3.63, 3.8) is 0 Å². The zero-order valence-electron chi connectivity index (χ0n) is 15.1. The van der Waals surface area contributed by atoms with Crippen molar-refractivity contribution in [1.82, 2.24) is 14.3 Å². The Hall–Kier alpha value is -2.52. The first-order valence-electron chi connectivity index (χ1n) is 8.92. The number of benzene rings is 2. The first kappa shape index (κ1) is 18.8. The fourth-order valence-electron chi connectivity index (χ4n) is 3.27. The van der Waals surface area contributed by atoms with Gasteiger partial charge in [0.2, 0.25) is 0 Å². The third-order valence-corrected chi connectivity index (χ3v) is 6.26. The van der Waals surface area contributed by atoms with E-state index in [1.807, 2.05) is 28.6 Å². The van der Waals surface area contributed by atoms with Crippen molar-refractivity contribution in [2.45, 2.75) is 17.4 Å². The Kier molecular flexibility index (Phi) is 5.27. The Balaban J connectivity index is 1.68. The van der Waals surface area contributed by atoms with Gasteiger partial charge in [0.15, 0.2) is 4.90 Å². The number of nitrogens with two attached hydrogens (primary N) is 2. The van der Waals surface area contributed by atoms with E-state index < -0.39 is 17.2 Å². The first-order chi connectivity index (χ1) is 13.5. The second-order valence-corrected chi connectivity index (χ2v) is 8.16. The van der Waals surface area contributed by atoms with E-state index in [0.717, 1.165) is 12.0 Å². The van der Waals surface area contributed by atoms with Crippen LogP contribution in [0.4, 0.5) is 10.2 Å². The highest BCUT2D eigenvalue weighted by Gasteiger charge is 2.31. The van der Waals surface area contributed by atoms with Gasteiger partial charge in [-0.1, -0.05) is 18.2 Å². The minimum absolute atomic E-state index is 0.0360. The number of aromatic nitrogens is 2. The van der Waals surface area contributed by atoms with Crippen LogP contribution in [0.3, 0.4) is 0 Å². The molecule has 1 aromatic heterocycles. The fraction of sp³-hybridized carbons (Fsp3) is 0.200. The van der Waals surface area contributed by atoms with E-state index in [1.54, 1.807) is 12.1 Å². The molecular weight excluding hydrogens is 377 g/mol. The maximum atomic E-state index is 14.8. The predicted molar refractivity (Wildman–Crippen MR) is 108 cm³/mol. The molecule has 3 aromatic rings. The summed E-state index contributed by atoms with van der Waals surface area (Å²) >= 11 is -1.35. The second kappa shape index (κ2) is 7.84. The normalized spacial score (nSPS) is 18.3. The maximum Gasteiger partial charge on any atom is 0.181 e. The third kappa shape index (κ3) is 3.72. The van der Waals surface area contributed by atoms with Crippen molar-refractivity contribution in [1.29, 1.82) is 0 Å². The minimum atomic E-state index is -1.35. The SMILES string of the molecule is Nc1cnc(-c2ccc(-c3ccccc3[S+]([O-])N3CCC(N)C3)cc2F)cn1. The van der Waals surface area contributed by atoms with Gasteiger partial charge in [-0.15, -0.1) is 4.31 Å². The van der Waals surface area contributed by atoms with Crippen LogP contribution in [-0.4, -0.2) is 38.0 Å². The summed E-state index contributed by atoms with van der Waals surface area (Å²) in [7, 11) is 0. The Morgan fingerprint density at radius 2 is 1.93 bits per heavy atom. The summed E-state index contributed by atoms with van der Waals surface area (Å²) < 4.78 is 29.7. The number of hydrogen-bond acceptors (Lipinski definition) is 6. The fourth-order valence-corrected chi connectivity index (χ4v) is 4.71. The lowest BCUT2D eigenvalue weighted by Gasteiger charge is -2.21. The molecule has 1 aliphatic heterocycles. The highest BCUT2D eigenvalue weighted by molar-refractivity contribution is 7.89. The monoisotopic (exact) mass is 397 g/mol. The molecule has 1 saturated heterocycles. The van der Waals surface area contributed by atoms with Gasteiger partial charge >= 0.3 is 0 Å². The molecule has 2 heterocycles. The quantitative estimate of drug-likeness (QED) is 0.656. The van der Waals surface area contributed by atoms with Crippen molar-refractivity contribution in [3.8, 4) is 22.4 Å². The van der Waals surface area contributed by atoms with Crippen LogP contribution in [0.5, 0.6) is 0 Å². The molecule has 144 valence electrons. The summed E-state index contributed by atoms with van der Waals surface area (Å²) in [5.41, 5.74) is 13.6. The van der Waals surface area contributed by atoms with Gasteiger partial charge in [0.05, 0.1) is 36.0 Å². The lowest BCUT2D eigenvalue weighted by Crippen LogP contribution is -2.32. The minimum Gasteiger partial charge on any atom is -0.593 e. The predicted octanol–water partition coefficient (Wildman–Crippen LogP) is 2.59. The van der Waals surface area contributed by atoms with Gasteiger partial charge in [0.25, 0.3) is 0 Å². The van der Waals surface area contributed by atoms with E-state index in [0.29, 0.717) is 34.8 Å². The number of anilines is 1. The first-order valence-corrected chi connectivity index (χ1v) is 10.0. The molecule has 2 unspecified atom stereocenters. The molecule has 2 aromatic carbocycles. The van der Waals surface area contributed by atoms with Crippen LogP contribution in [0.25, 0.3) is 22.4 Å². The van der Waals surface area contributed by atoms with E-state index in [9.17, 15) is 8.94 Å². The Morgan fingerprint density at radius 3 is 2.61 bits per heavy atom. The molecule has 0 spiro atoms. The molecular formula is C20H20FN5OS. The van der Waals surface area contributed by atoms with Gasteiger partial charge < -0.3 is 16.0 Å². The molecule has 2 atom stereocenters. The average Bonchev–Trinajstić information content (AvgIpc) is 3.14. The van der Waals surface area contributed by atoms with E-state index in [-0.39, 0.29) is 11.9 Å². The highest BCUT2D eigenvalue weighted by Crippen LogP contribution is 2.33. The molecule has 0 bridgehead atoms. The number of nitrogens with zero attached hydrogens (tertiary/aromatic N) is 3. The van der Waals surface area contributed by atoms with Gasteiger partial charge in [-0.2, -0.15) is 0 Å². The maximum absolute atomic E-state index is 14.8. The number of hydrogen-bond donors (Lipinski definition) is 2. The lowest BCUT2D eigenvalue weighted by atomic mass is 10.0. The molecule has 28 heavy (non-hydrogen) atoms. The van der Waals surface area contributed by atoms with E-state index in [4.69, 9.17) is 11.5 Å². The van der Waals surface area contributed by atoms with Crippen molar-refractivity contribution < 1.29 is 8.94 Å². The summed E-state index contributed by atoms with van der Waals surface area (Å²) in [6.07, 6.45) is 3.65. The Labute approximate surface area is 165 Å². The van der Waals surface area contributed by atoms with Gasteiger partial charge in [0.1, 0.15) is 11.6 Å². The Morgan fingerprint density at radius 1 is 1.11 bits per heavy atom. The summed E-state index contributed by atoms with van der Waals surface area (Å²) in [5, 5.41) is 0. The topological polar surface area (TPSA) is 104 Å². The van der Waals surface area contributed by atoms with Crippen LogP contribution in [0.15, 0.2) is 59.8 Å². The Bertz CT molecular complexity index is 985. The zero-order chi connectivity index (χ0) is 19.7. The average molecular weight is 397 g/mol. The highest BCUT2D eigenvalue weighted by atomic mass is 32.2. The van der Waals surface area contributed by atoms with Gasteiger partial charge in [-0.3, -0.25) is 4.98 Å². The van der Waals surface area contributed by atoms with Gasteiger partial charge in [0, 0.05) is 23.7 Å². The molecule has 1 fully saturated rings. The molecule has 0 radical (unpaired) electrons. The number of nitrogen functional groups attached to an aromatic ring is 1. The van der Waals surface area contributed by atoms with Crippen molar-refractivity contribution >= 4 is 17.2 Å². The summed E-state index contributed by atoms with van der Waals surface area (Å²) in [6, 6.07) is 12.3. The summed E-state index contributed by atoms with van der Waals surface area (Å²) in [4.78, 5) is 8.73. The van der Waals surface area contributed by atoms with Crippen LogP contribution < -0.4 is 11.5 Å². The van der Waals surface area contributed by atoms with Crippen molar-refractivity contribution in [3.05, 3.63) is 60.7 Å². The zero-order valence-corrected chi connectivity index (χ0v) is 15.9. The second-order valence-electron chi connectivity index (χ2n) is 6.70. The van der Waals surface area contributed by atoms with Crippen molar-refractivity contribution in [2.75, 3.05) is 18.8 Å². The smallest absolute Gasteiger partial charge is 0.181 e. The molecule has 6 nitrogen and oxygen atoms in total. The number of halogens is 1. The largest absolute Gasteiger partial charge is 0.593 e. The number of rotatable bonds is 4. The van der Waals surface area contributed by atoms with Crippen molar-refractivity contribution in [2.24, 2.45) is 5.73 Å². The van der Waals surface area contributed by atoms with Crippen LogP contribution in [0.2, 0.25) is 0 Å². The van der Waals surface area contributed by atoms with Crippen LogP contribution >= 0.6 is 0 Å². The van der Waals surface area contributed by atoms with E-state index in [2.05, 4.69) is 9.97 Å². The standard InChI is InChI=1S/C20H20FN5OS/c21-17-9-13(5-6-16(17)18-10-25-20(23)11-24-18)15-3-1-2-4-19(15)28(27)26-8-7-14(22)12-26/h1-6,9-11,14H,7-8,12,22H2,(H2,23,25).